The average Bonchev–Trinajstić information content (AvgIpc) is 2.27. The monoisotopic (exact) mass is 256 g/mol. The maximum Gasteiger partial charge on any atom is 0.319 e. The molecule has 0 heterocycles. The average molecular weight is 257 g/mol. The molecule has 0 bridgehead atoms. The first kappa shape index (κ1) is 13.6. The molecule has 0 aromatic heterocycles. The van der Waals surface area contributed by atoms with Crippen LogP contribution in [0.1, 0.15) is 0 Å². The number of carbonyl (C=O) groups is 1. The Morgan fingerprint density at radius 3 is 2.65 bits per heavy atom. The molecule has 2 amide bonds. The summed E-state index contributed by atoms with van der Waals surface area (Å²) in [5.41, 5.74) is 0. The minimum atomic E-state index is -0.0419. The first-order chi connectivity index (χ1) is 8.00. The zero-order chi connectivity index (χ0) is 12.8. The van der Waals surface area contributed by atoms with Gasteiger partial charge in [-0.05, 0) is 18.2 Å². The molecule has 0 saturated heterocycles. The van der Waals surface area contributed by atoms with Gasteiger partial charge < -0.3 is 14.5 Å². The molecule has 1 aromatic carbocycles. The molecule has 0 aliphatic heterocycles. The Kier molecular flexibility index (Phi) is 5.10. The Morgan fingerprint density at radius 1 is 1.35 bits per heavy atom. The molecule has 0 unspecified atom stereocenters. The van der Waals surface area contributed by atoms with Gasteiger partial charge in [0.05, 0.1) is 6.54 Å². The fourth-order valence-electron chi connectivity index (χ4n) is 1.29. The van der Waals surface area contributed by atoms with Crippen LogP contribution in [0.5, 0.6) is 5.75 Å². The van der Waals surface area contributed by atoms with Crippen molar-refractivity contribution in [2.45, 2.75) is 0 Å². The minimum Gasteiger partial charge on any atom is -0.492 e. The van der Waals surface area contributed by atoms with Gasteiger partial charge in [0.15, 0.2) is 0 Å². The quantitative estimate of drug-likeness (QED) is 0.828. The zero-order valence-electron chi connectivity index (χ0n) is 10.3. The van der Waals surface area contributed by atoms with Crippen LogP contribution in [0.2, 0.25) is 5.02 Å². The maximum atomic E-state index is 11.5. The minimum absolute atomic E-state index is 0.0419. The topological polar surface area (TPSA) is 32.8 Å². The molecule has 4 nitrogen and oxygen atoms in total. The fraction of sp³-hybridized carbons (Fsp3) is 0.417. The molecule has 17 heavy (non-hydrogen) atoms. The van der Waals surface area contributed by atoms with Crippen LogP contribution in [0, 0.1) is 0 Å². The molecular weight excluding hydrogens is 240 g/mol. The van der Waals surface area contributed by atoms with Crippen molar-refractivity contribution in [1.82, 2.24) is 9.80 Å². The number of nitrogens with zero attached hydrogens (tertiary/aromatic N) is 2. The summed E-state index contributed by atoms with van der Waals surface area (Å²) in [6, 6.07) is 7.15. The van der Waals surface area contributed by atoms with E-state index in [4.69, 9.17) is 16.3 Å². The predicted octanol–water partition coefficient (Wildman–Crippen LogP) is 2.33. The van der Waals surface area contributed by atoms with E-state index in [-0.39, 0.29) is 6.03 Å². The van der Waals surface area contributed by atoms with Crippen molar-refractivity contribution < 1.29 is 9.53 Å². The third-order valence-electron chi connectivity index (χ3n) is 2.20. The second-order valence-corrected chi connectivity index (χ2v) is 4.34. The molecular formula is C12H17ClN2O2. The van der Waals surface area contributed by atoms with E-state index in [0.717, 1.165) is 0 Å². The van der Waals surface area contributed by atoms with Crippen LogP contribution in [-0.2, 0) is 0 Å². The van der Waals surface area contributed by atoms with Gasteiger partial charge in [-0.3, -0.25) is 0 Å². The van der Waals surface area contributed by atoms with Gasteiger partial charge in [0.1, 0.15) is 12.4 Å². The molecule has 0 atom stereocenters. The third-order valence-corrected chi connectivity index (χ3v) is 2.44. The van der Waals surface area contributed by atoms with E-state index in [9.17, 15) is 4.79 Å². The van der Waals surface area contributed by atoms with Crippen molar-refractivity contribution in [1.29, 1.82) is 0 Å². The molecule has 0 aliphatic rings. The van der Waals surface area contributed by atoms with E-state index in [1.165, 1.54) is 4.90 Å². The highest BCUT2D eigenvalue weighted by Crippen LogP contribution is 2.16. The largest absolute Gasteiger partial charge is 0.492 e. The summed E-state index contributed by atoms with van der Waals surface area (Å²) in [5.74, 6) is 0.711. The normalized spacial score (nSPS) is 9.88. The third kappa shape index (κ3) is 4.53. The molecule has 94 valence electrons. The lowest BCUT2D eigenvalue weighted by molar-refractivity contribution is 0.171. The van der Waals surface area contributed by atoms with Gasteiger partial charge in [-0.25, -0.2) is 4.79 Å². The lowest BCUT2D eigenvalue weighted by atomic mass is 10.3. The van der Waals surface area contributed by atoms with E-state index in [0.29, 0.717) is 23.9 Å². The van der Waals surface area contributed by atoms with Crippen molar-refractivity contribution in [3.8, 4) is 5.75 Å². The first-order valence-corrected chi connectivity index (χ1v) is 5.69. The standard InChI is InChI=1S/C12H17ClN2O2/c1-14(2)12(16)15(3)7-8-17-11-6-4-5-10(13)9-11/h4-6,9H,7-8H2,1-3H3. The number of rotatable bonds is 4. The number of likely N-dealkylation sites (N-methyl/N-ethyl adjacent to an activating group) is 1. The van der Waals surface area contributed by atoms with Crippen LogP contribution in [0.3, 0.4) is 0 Å². The summed E-state index contributed by atoms with van der Waals surface area (Å²) in [4.78, 5) is 14.6. The number of halogens is 1. The zero-order valence-corrected chi connectivity index (χ0v) is 11.1. The highest BCUT2D eigenvalue weighted by molar-refractivity contribution is 6.30. The maximum absolute atomic E-state index is 11.5. The Balaban J connectivity index is 2.35. The van der Waals surface area contributed by atoms with Crippen molar-refractivity contribution in [3.63, 3.8) is 0 Å². The molecule has 5 heteroatoms. The van der Waals surface area contributed by atoms with E-state index in [1.807, 2.05) is 12.1 Å². The molecule has 1 aromatic rings. The van der Waals surface area contributed by atoms with Crippen LogP contribution in [0.25, 0.3) is 0 Å². The van der Waals surface area contributed by atoms with Crippen LogP contribution in [0.15, 0.2) is 24.3 Å². The van der Waals surface area contributed by atoms with E-state index < -0.39 is 0 Å². The van der Waals surface area contributed by atoms with Gasteiger partial charge >= 0.3 is 6.03 Å². The Morgan fingerprint density at radius 2 is 2.06 bits per heavy atom. The number of hydrogen-bond acceptors (Lipinski definition) is 2. The summed E-state index contributed by atoms with van der Waals surface area (Å²) in [6.45, 7) is 0.972. The van der Waals surface area contributed by atoms with Gasteiger partial charge in [0.25, 0.3) is 0 Å². The number of urea groups is 1. The highest BCUT2D eigenvalue weighted by Gasteiger charge is 2.09. The molecule has 0 radical (unpaired) electrons. The lowest BCUT2D eigenvalue weighted by Crippen LogP contribution is -2.38. The van der Waals surface area contributed by atoms with Gasteiger partial charge in [-0.15, -0.1) is 0 Å². The predicted molar refractivity (Wildman–Crippen MR) is 68.7 cm³/mol. The molecule has 0 aliphatic carbocycles. The Hall–Kier alpha value is -1.42. The fourth-order valence-corrected chi connectivity index (χ4v) is 1.47. The summed E-state index contributed by atoms with van der Waals surface area (Å²) in [6.07, 6.45) is 0. The molecule has 0 spiro atoms. The number of carbonyl (C=O) groups excluding carboxylic acids is 1. The van der Waals surface area contributed by atoms with Crippen LogP contribution in [-0.4, -0.2) is 50.1 Å². The molecule has 0 saturated carbocycles. The second kappa shape index (κ2) is 6.35. The molecule has 0 fully saturated rings. The number of ether oxygens (including phenoxy) is 1. The Labute approximate surface area is 107 Å². The van der Waals surface area contributed by atoms with Gasteiger partial charge in [0.2, 0.25) is 0 Å². The summed E-state index contributed by atoms with van der Waals surface area (Å²) in [5, 5.41) is 0.639. The summed E-state index contributed by atoms with van der Waals surface area (Å²) >= 11 is 5.83. The number of amides is 2. The van der Waals surface area contributed by atoms with Gasteiger partial charge in [-0.2, -0.15) is 0 Å². The molecule has 0 N–H and O–H groups in total. The number of hydrogen-bond donors (Lipinski definition) is 0. The lowest BCUT2D eigenvalue weighted by Gasteiger charge is -2.21. The van der Waals surface area contributed by atoms with Crippen LogP contribution < -0.4 is 4.74 Å². The van der Waals surface area contributed by atoms with Crippen LogP contribution in [0.4, 0.5) is 4.79 Å². The van der Waals surface area contributed by atoms with Crippen LogP contribution >= 0.6 is 11.6 Å². The molecule has 1 rings (SSSR count). The van der Waals surface area contributed by atoms with E-state index in [2.05, 4.69) is 0 Å². The van der Waals surface area contributed by atoms with E-state index in [1.54, 1.807) is 38.2 Å². The smallest absolute Gasteiger partial charge is 0.319 e. The van der Waals surface area contributed by atoms with Gasteiger partial charge in [-0.1, -0.05) is 17.7 Å². The van der Waals surface area contributed by atoms with Crippen molar-refractivity contribution in [2.75, 3.05) is 34.3 Å². The Bertz CT molecular complexity index is 383. The summed E-state index contributed by atoms with van der Waals surface area (Å²) in [7, 11) is 5.18. The van der Waals surface area contributed by atoms with E-state index >= 15 is 0 Å². The van der Waals surface area contributed by atoms with Crippen molar-refractivity contribution >= 4 is 17.6 Å². The summed E-state index contributed by atoms with van der Waals surface area (Å²) < 4.78 is 5.49. The van der Waals surface area contributed by atoms with Gasteiger partial charge in [0, 0.05) is 26.2 Å². The SMILES string of the molecule is CN(C)C(=O)N(C)CCOc1cccc(Cl)c1. The first-order valence-electron chi connectivity index (χ1n) is 5.31. The second-order valence-electron chi connectivity index (χ2n) is 3.90. The number of benzene rings is 1. The van der Waals surface area contributed by atoms with Crippen molar-refractivity contribution in [2.24, 2.45) is 0 Å². The highest BCUT2D eigenvalue weighted by atomic mass is 35.5. The van der Waals surface area contributed by atoms with Crippen molar-refractivity contribution in [3.05, 3.63) is 29.3 Å².